The number of aryl methyl sites for hydroxylation is 1. The van der Waals surface area contributed by atoms with Crippen LogP contribution in [0.15, 0.2) is 42.6 Å². The van der Waals surface area contributed by atoms with E-state index >= 15 is 0 Å². The number of rotatable bonds is 6. The van der Waals surface area contributed by atoms with Gasteiger partial charge in [-0.2, -0.15) is 0 Å². The van der Waals surface area contributed by atoms with Crippen LogP contribution in [-0.2, 0) is 20.7 Å². The van der Waals surface area contributed by atoms with Crippen LogP contribution in [0.1, 0.15) is 36.6 Å². The normalized spacial score (nSPS) is 10.5. The van der Waals surface area contributed by atoms with Crippen molar-refractivity contribution in [2.45, 2.75) is 33.1 Å². The first-order valence-electron chi connectivity index (χ1n) is 7.91. The van der Waals surface area contributed by atoms with Crippen LogP contribution in [0.3, 0.4) is 0 Å². The summed E-state index contributed by atoms with van der Waals surface area (Å²) in [6.45, 7) is 5.79. The Morgan fingerprint density at radius 3 is 2.42 bits per heavy atom. The number of amides is 1. The number of carbonyl (C=O) groups excluding carboxylic acids is 2. The van der Waals surface area contributed by atoms with Gasteiger partial charge in [-0.15, -0.1) is 0 Å². The van der Waals surface area contributed by atoms with Crippen molar-refractivity contribution in [2.75, 3.05) is 11.9 Å². The molecular formula is C19H22N2O3. The van der Waals surface area contributed by atoms with Crippen LogP contribution >= 0.6 is 0 Å². The van der Waals surface area contributed by atoms with Crippen LogP contribution in [0.4, 0.5) is 5.69 Å². The monoisotopic (exact) mass is 326 g/mol. The molecule has 1 aromatic heterocycles. The van der Waals surface area contributed by atoms with Gasteiger partial charge in [0.25, 0.3) is 5.91 Å². The number of anilines is 1. The van der Waals surface area contributed by atoms with E-state index in [2.05, 4.69) is 24.1 Å². The average Bonchev–Trinajstić information content (AvgIpc) is 2.55. The quantitative estimate of drug-likeness (QED) is 0.828. The molecule has 2 rings (SSSR count). The minimum absolute atomic E-state index is 0.101. The van der Waals surface area contributed by atoms with Gasteiger partial charge < -0.3 is 10.1 Å². The van der Waals surface area contributed by atoms with Crippen molar-refractivity contribution in [3.8, 4) is 0 Å². The maximum absolute atomic E-state index is 11.8. The van der Waals surface area contributed by atoms with E-state index in [1.165, 1.54) is 5.56 Å². The zero-order valence-corrected chi connectivity index (χ0v) is 14.2. The first-order valence-corrected chi connectivity index (χ1v) is 7.91. The lowest BCUT2D eigenvalue weighted by atomic mass is 10.0. The fraction of sp³-hybridized carbons (Fsp3) is 0.316. The van der Waals surface area contributed by atoms with E-state index in [1.54, 1.807) is 6.20 Å². The molecule has 24 heavy (non-hydrogen) atoms. The molecule has 5 nitrogen and oxygen atoms in total. The molecule has 0 aliphatic heterocycles. The van der Waals surface area contributed by atoms with Crippen molar-refractivity contribution in [1.29, 1.82) is 0 Å². The van der Waals surface area contributed by atoms with Crippen LogP contribution < -0.4 is 5.32 Å². The molecule has 5 heteroatoms. The second kappa shape index (κ2) is 8.24. The standard InChI is InChI=1S/C19H22N2O3/c1-13(2)16-6-8-17(9-7-16)21-18(22)12-24-19(23)10-15-5-4-14(3)20-11-15/h4-9,11,13H,10,12H2,1-3H3,(H,21,22). The van der Waals surface area contributed by atoms with Crippen molar-refractivity contribution in [1.82, 2.24) is 4.98 Å². The van der Waals surface area contributed by atoms with Crippen LogP contribution in [0, 0.1) is 6.92 Å². The Morgan fingerprint density at radius 2 is 1.83 bits per heavy atom. The summed E-state index contributed by atoms with van der Waals surface area (Å²) >= 11 is 0. The van der Waals surface area contributed by atoms with Gasteiger partial charge in [0.05, 0.1) is 6.42 Å². The summed E-state index contributed by atoms with van der Waals surface area (Å²) in [6, 6.07) is 11.3. The molecule has 0 saturated carbocycles. The molecule has 0 spiro atoms. The average molecular weight is 326 g/mol. The van der Waals surface area contributed by atoms with Gasteiger partial charge in [-0.05, 0) is 42.2 Å². The van der Waals surface area contributed by atoms with Gasteiger partial charge in [0.15, 0.2) is 6.61 Å². The molecule has 0 unspecified atom stereocenters. The Labute approximate surface area is 142 Å². The van der Waals surface area contributed by atoms with Crippen LogP contribution in [0.25, 0.3) is 0 Å². The molecule has 0 aliphatic rings. The molecule has 1 N–H and O–H groups in total. The number of hydrogen-bond acceptors (Lipinski definition) is 4. The largest absolute Gasteiger partial charge is 0.455 e. The molecule has 0 atom stereocenters. The first-order chi connectivity index (χ1) is 11.4. The highest BCUT2D eigenvalue weighted by molar-refractivity contribution is 5.92. The van der Waals surface area contributed by atoms with Crippen molar-refractivity contribution < 1.29 is 14.3 Å². The molecule has 1 heterocycles. The number of carbonyl (C=O) groups is 2. The van der Waals surface area contributed by atoms with E-state index in [4.69, 9.17) is 4.74 Å². The molecule has 1 aromatic carbocycles. The Hall–Kier alpha value is -2.69. The highest BCUT2D eigenvalue weighted by Crippen LogP contribution is 2.17. The fourth-order valence-electron chi connectivity index (χ4n) is 2.12. The topological polar surface area (TPSA) is 68.3 Å². The summed E-state index contributed by atoms with van der Waals surface area (Å²) in [5.41, 5.74) is 3.53. The van der Waals surface area contributed by atoms with Gasteiger partial charge in [0.2, 0.25) is 0 Å². The second-order valence-corrected chi connectivity index (χ2v) is 5.97. The Balaban J connectivity index is 1.77. The van der Waals surface area contributed by atoms with Crippen molar-refractivity contribution in [2.24, 2.45) is 0 Å². The lowest BCUT2D eigenvalue weighted by Crippen LogP contribution is -2.21. The summed E-state index contributed by atoms with van der Waals surface area (Å²) < 4.78 is 4.99. The lowest BCUT2D eigenvalue weighted by Gasteiger charge is -2.09. The van der Waals surface area contributed by atoms with Crippen LogP contribution in [0.2, 0.25) is 0 Å². The molecule has 126 valence electrons. The maximum atomic E-state index is 11.8. The number of hydrogen-bond donors (Lipinski definition) is 1. The van der Waals surface area contributed by atoms with Crippen molar-refractivity contribution in [3.05, 3.63) is 59.4 Å². The van der Waals surface area contributed by atoms with Gasteiger partial charge in [0, 0.05) is 17.6 Å². The van der Waals surface area contributed by atoms with Gasteiger partial charge in [-0.25, -0.2) is 0 Å². The second-order valence-electron chi connectivity index (χ2n) is 5.97. The summed E-state index contributed by atoms with van der Waals surface area (Å²) in [5.74, 6) is -0.374. The fourth-order valence-corrected chi connectivity index (χ4v) is 2.12. The smallest absolute Gasteiger partial charge is 0.310 e. The number of nitrogens with zero attached hydrogens (tertiary/aromatic N) is 1. The van der Waals surface area contributed by atoms with E-state index < -0.39 is 5.97 Å². The van der Waals surface area contributed by atoms with Crippen LogP contribution in [0.5, 0.6) is 0 Å². The van der Waals surface area contributed by atoms with Crippen LogP contribution in [-0.4, -0.2) is 23.5 Å². The Kier molecular flexibility index (Phi) is 6.07. The van der Waals surface area contributed by atoms with E-state index in [0.29, 0.717) is 11.6 Å². The van der Waals surface area contributed by atoms with E-state index in [0.717, 1.165) is 11.3 Å². The van der Waals surface area contributed by atoms with Gasteiger partial charge in [-0.3, -0.25) is 14.6 Å². The zero-order chi connectivity index (χ0) is 17.5. The third-order valence-corrected chi connectivity index (χ3v) is 3.55. The Bertz CT molecular complexity index is 692. The number of aromatic nitrogens is 1. The number of esters is 1. The molecule has 0 radical (unpaired) electrons. The van der Waals surface area contributed by atoms with Gasteiger partial charge in [0.1, 0.15) is 0 Å². The van der Waals surface area contributed by atoms with Gasteiger partial charge >= 0.3 is 5.97 Å². The summed E-state index contributed by atoms with van der Waals surface area (Å²) in [7, 11) is 0. The van der Waals surface area contributed by atoms with E-state index in [1.807, 2.05) is 43.3 Å². The lowest BCUT2D eigenvalue weighted by molar-refractivity contribution is -0.146. The number of pyridine rings is 1. The molecule has 0 saturated heterocycles. The molecule has 1 amide bonds. The summed E-state index contributed by atoms with van der Waals surface area (Å²) in [6.07, 6.45) is 1.73. The molecule has 0 fully saturated rings. The maximum Gasteiger partial charge on any atom is 0.310 e. The van der Waals surface area contributed by atoms with Crippen molar-refractivity contribution >= 4 is 17.6 Å². The molecular weight excluding hydrogens is 304 g/mol. The summed E-state index contributed by atoms with van der Waals surface area (Å²) in [4.78, 5) is 27.7. The third kappa shape index (κ3) is 5.50. The van der Waals surface area contributed by atoms with Gasteiger partial charge in [-0.1, -0.05) is 32.0 Å². The minimum Gasteiger partial charge on any atom is -0.455 e. The predicted molar refractivity (Wildman–Crippen MR) is 92.8 cm³/mol. The third-order valence-electron chi connectivity index (χ3n) is 3.55. The minimum atomic E-state index is -0.453. The molecule has 0 aliphatic carbocycles. The number of ether oxygens (including phenoxy) is 1. The number of benzene rings is 1. The summed E-state index contributed by atoms with van der Waals surface area (Å²) in [5, 5.41) is 2.71. The first kappa shape index (κ1) is 17.7. The highest BCUT2D eigenvalue weighted by atomic mass is 16.5. The molecule has 2 aromatic rings. The zero-order valence-electron chi connectivity index (χ0n) is 14.2. The van der Waals surface area contributed by atoms with Crippen molar-refractivity contribution in [3.63, 3.8) is 0 Å². The highest BCUT2D eigenvalue weighted by Gasteiger charge is 2.09. The Morgan fingerprint density at radius 1 is 1.12 bits per heavy atom. The number of nitrogens with one attached hydrogen (secondary N) is 1. The SMILES string of the molecule is Cc1ccc(CC(=O)OCC(=O)Nc2ccc(C(C)C)cc2)cn1. The molecule has 0 bridgehead atoms. The predicted octanol–water partition coefficient (Wildman–Crippen LogP) is 3.24. The van der Waals surface area contributed by atoms with E-state index in [9.17, 15) is 9.59 Å². The van der Waals surface area contributed by atoms with E-state index in [-0.39, 0.29) is 18.9 Å².